The van der Waals surface area contributed by atoms with E-state index in [1.807, 2.05) is 25.1 Å². The van der Waals surface area contributed by atoms with Crippen LogP contribution in [0.15, 0.2) is 53.6 Å². The van der Waals surface area contributed by atoms with Crippen LogP contribution in [0.4, 0.5) is 10.5 Å². The first-order chi connectivity index (χ1) is 14.2. The maximum absolute atomic E-state index is 12.9. The number of fused-ring (bicyclic) bond motifs is 1. The molecule has 0 spiro atoms. The fraction of sp³-hybridized carbons (Fsp3) is 0.261. The number of thiol groups is 1. The van der Waals surface area contributed by atoms with Gasteiger partial charge < -0.3 is 9.47 Å². The number of nitrogens with zero attached hydrogens (tertiary/aromatic N) is 1. The molecule has 1 heterocycles. The van der Waals surface area contributed by atoms with Crippen molar-refractivity contribution in [2.45, 2.75) is 44.6 Å². The van der Waals surface area contributed by atoms with E-state index in [4.69, 9.17) is 9.47 Å². The molecule has 156 valence electrons. The van der Waals surface area contributed by atoms with Gasteiger partial charge in [-0.3, -0.25) is 4.98 Å². The number of ether oxygens (including phenoxy) is 2. The maximum Gasteiger partial charge on any atom is 0.514 e. The smallest absolute Gasteiger partial charge is 0.428 e. The van der Waals surface area contributed by atoms with Gasteiger partial charge in [0, 0.05) is 22.7 Å². The van der Waals surface area contributed by atoms with Crippen LogP contribution in [0.2, 0.25) is 0 Å². The lowest BCUT2D eigenvalue weighted by atomic mass is 10.0. The number of aryl methyl sites for hydroxylation is 1. The van der Waals surface area contributed by atoms with Crippen LogP contribution in [0.25, 0.3) is 10.9 Å². The van der Waals surface area contributed by atoms with Gasteiger partial charge in [-0.2, -0.15) is 0 Å². The van der Waals surface area contributed by atoms with Crippen molar-refractivity contribution in [3.63, 3.8) is 0 Å². The van der Waals surface area contributed by atoms with E-state index in [-0.39, 0.29) is 5.91 Å². The normalized spacial score (nSPS) is 11.4. The molecule has 0 atom stereocenters. The first-order valence-electron chi connectivity index (χ1n) is 9.68. The summed E-state index contributed by atoms with van der Waals surface area (Å²) < 4.78 is 10.9. The zero-order chi connectivity index (χ0) is 21.9. The molecular formula is C23H25N2O4S+. The van der Waals surface area contributed by atoms with E-state index in [0.717, 1.165) is 5.56 Å². The van der Waals surface area contributed by atoms with Gasteiger partial charge in [-0.05, 0) is 51.5 Å². The van der Waals surface area contributed by atoms with Crippen molar-refractivity contribution >= 4 is 41.3 Å². The zero-order valence-corrected chi connectivity index (χ0v) is 18.3. The Kier molecular flexibility index (Phi) is 6.43. The summed E-state index contributed by atoms with van der Waals surface area (Å²) >= 11 is 4.38. The van der Waals surface area contributed by atoms with E-state index in [0.29, 0.717) is 39.2 Å². The molecule has 0 bridgehead atoms. The lowest BCUT2D eigenvalue weighted by Crippen LogP contribution is -2.82. The van der Waals surface area contributed by atoms with Gasteiger partial charge in [0.2, 0.25) is 0 Å². The second-order valence-electron chi connectivity index (χ2n) is 7.80. The van der Waals surface area contributed by atoms with Crippen LogP contribution < -0.4 is 10.1 Å². The molecule has 0 aliphatic carbocycles. The molecule has 0 saturated heterocycles. The van der Waals surface area contributed by atoms with Gasteiger partial charge in [0.25, 0.3) is 0 Å². The lowest BCUT2D eigenvalue weighted by Gasteiger charge is -2.20. The number of hydrogen-bond donors (Lipinski definition) is 2. The van der Waals surface area contributed by atoms with Gasteiger partial charge in [0.05, 0.1) is 10.9 Å². The van der Waals surface area contributed by atoms with E-state index in [2.05, 4.69) is 17.6 Å². The molecule has 7 heteroatoms. The number of nitrogens with two attached hydrogens (primary N) is 1. The van der Waals surface area contributed by atoms with Crippen LogP contribution in [0.5, 0.6) is 5.75 Å². The molecule has 0 aliphatic rings. The molecule has 6 nitrogen and oxygen atoms in total. The van der Waals surface area contributed by atoms with Gasteiger partial charge in [0.15, 0.2) is 5.75 Å². The molecular weight excluding hydrogens is 400 g/mol. The molecule has 3 rings (SSSR count). The Morgan fingerprint density at radius 3 is 2.53 bits per heavy atom. The monoisotopic (exact) mass is 425 g/mol. The van der Waals surface area contributed by atoms with E-state index >= 15 is 0 Å². The Hall–Kier alpha value is -2.90. The summed E-state index contributed by atoms with van der Waals surface area (Å²) in [5.74, 6) is 0.190. The first kappa shape index (κ1) is 21.8. The van der Waals surface area contributed by atoms with E-state index in [9.17, 15) is 9.59 Å². The maximum atomic E-state index is 12.9. The van der Waals surface area contributed by atoms with Crippen LogP contribution in [-0.4, -0.2) is 22.6 Å². The largest absolute Gasteiger partial charge is 0.514 e. The summed E-state index contributed by atoms with van der Waals surface area (Å²) in [6, 6.07) is 12.6. The van der Waals surface area contributed by atoms with Gasteiger partial charge in [-0.25, -0.2) is 14.9 Å². The topological polar surface area (TPSA) is 82.1 Å². The molecule has 0 fully saturated rings. The second-order valence-corrected chi connectivity index (χ2v) is 8.28. The number of rotatable bonds is 4. The summed E-state index contributed by atoms with van der Waals surface area (Å²) in [6.45, 7) is 7.26. The molecule has 2 N–H and O–H groups in total. The van der Waals surface area contributed by atoms with Gasteiger partial charge in [-0.15, -0.1) is 12.6 Å². The van der Waals surface area contributed by atoms with Crippen molar-refractivity contribution in [2.24, 2.45) is 0 Å². The highest BCUT2D eigenvalue weighted by Gasteiger charge is 2.24. The number of benzene rings is 2. The number of pyridine rings is 1. The fourth-order valence-corrected chi connectivity index (χ4v) is 3.32. The van der Waals surface area contributed by atoms with Crippen molar-refractivity contribution < 1.29 is 24.4 Å². The highest BCUT2D eigenvalue weighted by molar-refractivity contribution is 7.80. The molecule has 1 amide bonds. The van der Waals surface area contributed by atoms with E-state index in [1.54, 1.807) is 56.6 Å². The summed E-state index contributed by atoms with van der Waals surface area (Å²) in [7, 11) is 0. The third-order valence-electron chi connectivity index (χ3n) is 4.37. The summed E-state index contributed by atoms with van der Waals surface area (Å²) in [5.41, 5.74) is 1.80. The molecule has 0 saturated carbocycles. The molecule has 2 aromatic carbocycles. The lowest BCUT2D eigenvalue weighted by molar-refractivity contribution is -0.462. The SMILES string of the molecule is CCc1cc([NH2+]C(=O)c2ccccc2S)c2cccnc2c1OC(=O)OC(C)(C)C. The first-order valence-corrected chi connectivity index (χ1v) is 10.1. The standard InChI is InChI=1S/C23H24N2O4S/c1-5-14-13-17(25-21(26)16-9-6-7-11-18(16)30)15-10-8-12-24-19(15)20(14)28-22(27)29-23(2,3)4/h6-13,30H,5H2,1-4H3,(H,25,26)/p+1. The predicted octanol–water partition coefficient (Wildman–Crippen LogP) is 4.44. The number of primary amides is 1. The number of hydrogen-bond acceptors (Lipinski definition) is 6. The van der Waals surface area contributed by atoms with Crippen LogP contribution in [0.1, 0.15) is 43.6 Å². The second kappa shape index (κ2) is 8.85. The number of aromatic nitrogens is 1. The minimum absolute atomic E-state index is 0.159. The summed E-state index contributed by atoms with van der Waals surface area (Å²) in [6.07, 6.45) is 1.42. The molecule has 3 aromatic rings. The van der Waals surface area contributed by atoms with E-state index in [1.165, 1.54) is 0 Å². The van der Waals surface area contributed by atoms with Gasteiger partial charge in [0.1, 0.15) is 16.8 Å². The van der Waals surface area contributed by atoms with Crippen LogP contribution in [0.3, 0.4) is 0 Å². The molecule has 0 unspecified atom stereocenters. The Labute approximate surface area is 181 Å². The number of quaternary nitrogens is 1. The van der Waals surface area contributed by atoms with Crippen molar-refractivity contribution in [3.8, 4) is 5.75 Å². The minimum Gasteiger partial charge on any atom is -0.428 e. The highest BCUT2D eigenvalue weighted by atomic mass is 32.1. The minimum atomic E-state index is -0.791. The quantitative estimate of drug-likeness (QED) is 0.280. The average Bonchev–Trinajstić information content (AvgIpc) is 2.68. The Morgan fingerprint density at radius 1 is 1.13 bits per heavy atom. The van der Waals surface area contributed by atoms with Crippen molar-refractivity contribution in [1.82, 2.24) is 4.98 Å². The van der Waals surface area contributed by atoms with Crippen LogP contribution in [-0.2, 0) is 11.2 Å². The summed E-state index contributed by atoms with van der Waals surface area (Å²) in [4.78, 5) is 30.2. The van der Waals surface area contributed by atoms with Gasteiger partial charge in [-0.1, -0.05) is 19.1 Å². The van der Waals surface area contributed by atoms with E-state index < -0.39 is 11.8 Å². The molecule has 0 radical (unpaired) electrons. The number of carbonyl (C=O) groups is 2. The Morgan fingerprint density at radius 2 is 1.87 bits per heavy atom. The third-order valence-corrected chi connectivity index (χ3v) is 4.76. The highest BCUT2D eigenvalue weighted by Crippen LogP contribution is 2.33. The number of carbonyl (C=O) groups excluding carboxylic acids is 2. The van der Waals surface area contributed by atoms with Crippen LogP contribution in [0, 0.1) is 0 Å². The Balaban J connectivity index is 2.03. The van der Waals surface area contributed by atoms with Crippen molar-refractivity contribution in [3.05, 3.63) is 59.8 Å². The van der Waals surface area contributed by atoms with Crippen molar-refractivity contribution in [2.75, 3.05) is 0 Å². The fourth-order valence-electron chi connectivity index (χ4n) is 3.05. The number of amides is 1. The Bertz CT molecular complexity index is 1110. The summed E-state index contributed by atoms with van der Waals surface area (Å²) in [5, 5.41) is 2.27. The molecule has 30 heavy (non-hydrogen) atoms. The van der Waals surface area contributed by atoms with Gasteiger partial charge >= 0.3 is 12.1 Å². The van der Waals surface area contributed by atoms with Crippen molar-refractivity contribution in [1.29, 1.82) is 0 Å². The van der Waals surface area contributed by atoms with Crippen LogP contribution >= 0.6 is 12.6 Å². The molecule has 0 aliphatic heterocycles. The third kappa shape index (κ3) is 4.98. The average molecular weight is 426 g/mol. The molecule has 1 aromatic heterocycles. The zero-order valence-electron chi connectivity index (χ0n) is 17.4. The predicted molar refractivity (Wildman–Crippen MR) is 118 cm³/mol.